The molecule has 2 rings (SSSR count). The number of aliphatic imine (C=N–C) groups is 1. The van der Waals surface area contributed by atoms with Gasteiger partial charge in [0, 0.05) is 18.1 Å². The molecule has 80 valence electrons. The van der Waals surface area contributed by atoms with Gasteiger partial charge in [0.15, 0.2) is 0 Å². The fourth-order valence-corrected chi connectivity index (χ4v) is 1.47. The Balaban J connectivity index is 2.09. The smallest absolute Gasteiger partial charge is 0.0658 e. The van der Waals surface area contributed by atoms with Gasteiger partial charge in [-0.25, -0.2) is 0 Å². The highest BCUT2D eigenvalue weighted by Crippen LogP contribution is 2.04. The first-order chi connectivity index (χ1) is 7.86. The number of hydrogen-bond acceptors (Lipinski definition) is 2. The number of rotatable bonds is 3. The Hall–Kier alpha value is -1.96. The normalized spacial score (nSPS) is 11.4. The standard InChI is InChI=1S/C14H14N2/c1-12(14-7-3-2-4-8-14)16-11-13-6-5-9-15-10-13/h2-10H,11H2,1H3/b16-12-. The third kappa shape index (κ3) is 2.76. The molecule has 0 aliphatic carbocycles. The Morgan fingerprint density at radius 3 is 2.62 bits per heavy atom. The van der Waals surface area contributed by atoms with Crippen LogP contribution in [-0.4, -0.2) is 10.7 Å². The van der Waals surface area contributed by atoms with Crippen molar-refractivity contribution in [1.29, 1.82) is 0 Å². The second kappa shape index (κ2) is 5.21. The SMILES string of the molecule is C/C(=N/Cc1cccnc1)c1ccccc1. The van der Waals surface area contributed by atoms with Gasteiger partial charge in [-0.2, -0.15) is 0 Å². The molecule has 1 aromatic heterocycles. The lowest BCUT2D eigenvalue weighted by atomic mass is 10.1. The first-order valence-electron chi connectivity index (χ1n) is 5.31. The Morgan fingerprint density at radius 1 is 1.12 bits per heavy atom. The van der Waals surface area contributed by atoms with E-state index in [9.17, 15) is 0 Å². The molecule has 1 heterocycles. The number of benzene rings is 1. The molecular formula is C14H14N2. The van der Waals surface area contributed by atoms with Gasteiger partial charge in [0.25, 0.3) is 0 Å². The van der Waals surface area contributed by atoms with Gasteiger partial charge in [-0.3, -0.25) is 9.98 Å². The summed E-state index contributed by atoms with van der Waals surface area (Å²) < 4.78 is 0. The molecule has 2 heteroatoms. The molecule has 0 aliphatic rings. The zero-order valence-electron chi connectivity index (χ0n) is 9.30. The van der Waals surface area contributed by atoms with E-state index in [1.54, 1.807) is 6.20 Å². The lowest BCUT2D eigenvalue weighted by Crippen LogP contribution is -1.95. The first-order valence-corrected chi connectivity index (χ1v) is 5.31. The van der Waals surface area contributed by atoms with Gasteiger partial charge >= 0.3 is 0 Å². The largest absolute Gasteiger partial charge is 0.285 e. The molecule has 2 aromatic rings. The number of pyridine rings is 1. The molecule has 0 saturated carbocycles. The highest BCUT2D eigenvalue weighted by Gasteiger charge is 1.95. The van der Waals surface area contributed by atoms with E-state index in [1.165, 1.54) is 5.56 Å². The minimum atomic E-state index is 0.689. The summed E-state index contributed by atoms with van der Waals surface area (Å²) in [7, 11) is 0. The second-order valence-corrected chi connectivity index (χ2v) is 3.63. The zero-order valence-corrected chi connectivity index (χ0v) is 9.30. The van der Waals surface area contributed by atoms with Gasteiger partial charge in [-0.15, -0.1) is 0 Å². The van der Waals surface area contributed by atoms with Crippen molar-refractivity contribution in [2.45, 2.75) is 13.5 Å². The van der Waals surface area contributed by atoms with Crippen molar-refractivity contribution in [1.82, 2.24) is 4.98 Å². The van der Waals surface area contributed by atoms with Crippen LogP contribution in [0.2, 0.25) is 0 Å². The monoisotopic (exact) mass is 210 g/mol. The molecule has 2 nitrogen and oxygen atoms in total. The van der Waals surface area contributed by atoms with Crippen molar-refractivity contribution in [3.05, 3.63) is 66.0 Å². The molecule has 0 atom stereocenters. The average Bonchev–Trinajstić information content (AvgIpc) is 2.38. The van der Waals surface area contributed by atoms with E-state index in [-0.39, 0.29) is 0 Å². The molecule has 0 fully saturated rings. The fraction of sp³-hybridized carbons (Fsp3) is 0.143. The summed E-state index contributed by atoms with van der Waals surface area (Å²) in [5.41, 5.74) is 3.37. The Bertz CT molecular complexity index is 461. The summed E-state index contributed by atoms with van der Waals surface area (Å²) in [4.78, 5) is 8.61. The van der Waals surface area contributed by atoms with Crippen LogP contribution in [-0.2, 0) is 6.54 Å². The number of aromatic nitrogens is 1. The molecule has 0 bridgehead atoms. The van der Waals surface area contributed by atoms with Crippen molar-refractivity contribution in [2.24, 2.45) is 4.99 Å². The molecule has 0 spiro atoms. The van der Waals surface area contributed by atoms with Crippen molar-refractivity contribution >= 4 is 5.71 Å². The Labute approximate surface area is 95.7 Å². The van der Waals surface area contributed by atoms with Gasteiger partial charge < -0.3 is 0 Å². The molecular weight excluding hydrogens is 196 g/mol. The van der Waals surface area contributed by atoms with E-state index >= 15 is 0 Å². The molecule has 0 saturated heterocycles. The molecule has 0 amide bonds. The van der Waals surface area contributed by atoms with Gasteiger partial charge in [0.2, 0.25) is 0 Å². The van der Waals surface area contributed by atoms with E-state index in [1.807, 2.05) is 43.5 Å². The van der Waals surface area contributed by atoms with E-state index < -0.39 is 0 Å². The van der Waals surface area contributed by atoms with Crippen LogP contribution in [0.15, 0.2) is 59.9 Å². The second-order valence-electron chi connectivity index (χ2n) is 3.63. The highest BCUT2D eigenvalue weighted by molar-refractivity contribution is 5.98. The van der Waals surface area contributed by atoms with Crippen LogP contribution >= 0.6 is 0 Å². The minimum Gasteiger partial charge on any atom is -0.285 e. The fourth-order valence-electron chi connectivity index (χ4n) is 1.47. The molecule has 0 radical (unpaired) electrons. The molecule has 0 N–H and O–H groups in total. The Kier molecular flexibility index (Phi) is 3.44. The van der Waals surface area contributed by atoms with Crippen molar-refractivity contribution in [3.63, 3.8) is 0 Å². The van der Waals surface area contributed by atoms with Gasteiger partial charge in [-0.05, 0) is 24.1 Å². The van der Waals surface area contributed by atoms with Crippen LogP contribution in [0.4, 0.5) is 0 Å². The predicted octanol–water partition coefficient (Wildman–Crippen LogP) is 3.09. The van der Waals surface area contributed by atoms with E-state index in [0.717, 1.165) is 11.3 Å². The summed E-state index contributed by atoms with van der Waals surface area (Å²) in [5, 5.41) is 0. The minimum absolute atomic E-state index is 0.689. The van der Waals surface area contributed by atoms with Gasteiger partial charge in [0.05, 0.1) is 6.54 Å². The van der Waals surface area contributed by atoms with Crippen LogP contribution in [0.5, 0.6) is 0 Å². The zero-order chi connectivity index (χ0) is 11.2. The highest BCUT2D eigenvalue weighted by atomic mass is 14.7. The summed E-state index contributed by atoms with van der Waals surface area (Å²) in [5.74, 6) is 0. The van der Waals surface area contributed by atoms with Crippen LogP contribution in [0.1, 0.15) is 18.1 Å². The lowest BCUT2D eigenvalue weighted by molar-refractivity contribution is 1.04. The maximum Gasteiger partial charge on any atom is 0.0658 e. The summed E-state index contributed by atoms with van der Waals surface area (Å²) in [6.45, 7) is 2.72. The average molecular weight is 210 g/mol. The van der Waals surface area contributed by atoms with Crippen LogP contribution in [0.3, 0.4) is 0 Å². The maximum absolute atomic E-state index is 4.54. The summed E-state index contributed by atoms with van der Waals surface area (Å²) in [6, 6.07) is 14.2. The van der Waals surface area contributed by atoms with Crippen LogP contribution in [0, 0.1) is 0 Å². The molecule has 0 aliphatic heterocycles. The molecule has 1 aromatic carbocycles. The summed E-state index contributed by atoms with van der Waals surface area (Å²) >= 11 is 0. The molecule has 16 heavy (non-hydrogen) atoms. The third-order valence-electron chi connectivity index (χ3n) is 2.41. The first kappa shape index (κ1) is 10.6. The van der Waals surface area contributed by atoms with Gasteiger partial charge in [0.1, 0.15) is 0 Å². The van der Waals surface area contributed by atoms with E-state index in [0.29, 0.717) is 6.54 Å². The van der Waals surface area contributed by atoms with E-state index in [4.69, 9.17) is 0 Å². The topological polar surface area (TPSA) is 25.2 Å². The van der Waals surface area contributed by atoms with E-state index in [2.05, 4.69) is 22.1 Å². The van der Waals surface area contributed by atoms with Crippen LogP contribution in [0.25, 0.3) is 0 Å². The van der Waals surface area contributed by atoms with Crippen molar-refractivity contribution < 1.29 is 0 Å². The van der Waals surface area contributed by atoms with Crippen molar-refractivity contribution in [3.8, 4) is 0 Å². The third-order valence-corrected chi connectivity index (χ3v) is 2.41. The maximum atomic E-state index is 4.54. The number of nitrogens with zero attached hydrogens (tertiary/aromatic N) is 2. The predicted molar refractivity (Wildman–Crippen MR) is 66.6 cm³/mol. The lowest BCUT2D eigenvalue weighted by Gasteiger charge is -2.00. The van der Waals surface area contributed by atoms with Crippen LogP contribution < -0.4 is 0 Å². The quantitative estimate of drug-likeness (QED) is 0.715. The Morgan fingerprint density at radius 2 is 1.94 bits per heavy atom. The van der Waals surface area contributed by atoms with Crippen molar-refractivity contribution in [2.75, 3.05) is 0 Å². The molecule has 0 unspecified atom stereocenters. The van der Waals surface area contributed by atoms with Gasteiger partial charge in [-0.1, -0.05) is 36.4 Å². The number of hydrogen-bond donors (Lipinski definition) is 0. The summed E-state index contributed by atoms with van der Waals surface area (Å²) in [6.07, 6.45) is 3.62.